The van der Waals surface area contributed by atoms with Crippen LogP contribution in [0.5, 0.6) is 5.75 Å². The SMILES string of the molecule is CCCNC(=O)CNC(=O)c1ccc(SC)cc1OC. The van der Waals surface area contributed by atoms with E-state index in [2.05, 4.69) is 10.6 Å². The van der Waals surface area contributed by atoms with Crippen molar-refractivity contribution in [1.29, 1.82) is 0 Å². The van der Waals surface area contributed by atoms with Crippen LogP contribution in [0.2, 0.25) is 0 Å². The highest BCUT2D eigenvalue weighted by atomic mass is 32.2. The lowest BCUT2D eigenvalue weighted by Gasteiger charge is -2.10. The van der Waals surface area contributed by atoms with Crippen molar-refractivity contribution in [2.24, 2.45) is 0 Å². The molecule has 1 rings (SSSR count). The highest BCUT2D eigenvalue weighted by Gasteiger charge is 2.13. The molecule has 0 bridgehead atoms. The Morgan fingerprint density at radius 2 is 2.05 bits per heavy atom. The monoisotopic (exact) mass is 296 g/mol. The molecule has 0 saturated heterocycles. The maximum atomic E-state index is 12.0. The first-order chi connectivity index (χ1) is 9.62. The van der Waals surface area contributed by atoms with Gasteiger partial charge in [-0.3, -0.25) is 9.59 Å². The zero-order chi connectivity index (χ0) is 15.0. The molecule has 0 fully saturated rings. The summed E-state index contributed by atoms with van der Waals surface area (Å²) >= 11 is 1.57. The molecule has 0 aliphatic rings. The molecule has 0 aliphatic heterocycles. The van der Waals surface area contributed by atoms with Gasteiger partial charge in [-0.2, -0.15) is 0 Å². The van der Waals surface area contributed by atoms with E-state index in [0.29, 0.717) is 17.9 Å². The third-order valence-corrected chi connectivity index (χ3v) is 3.36. The molecule has 20 heavy (non-hydrogen) atoms. The van der Waals surface area contributed by atoms with Gasteiger partial charge in [0.05, 0.1) is 19.2 Å². The number of carbonyl (C=O) groups excluding carboxylic acids is 2. The number of nitrogens with one attached hydrogen (secondary N) is 2. The molecule has 0 atom stereocenters. The number of hydrogen-bond donors (Lipinski definition) is 2. The number of ether oxygens (including phenoxy) is 1. The summed E-state index contributed by atoms with van der Waals surface area (Å²) in [6, 6.07) is 5.35. The van der Waals surface area contributed by atoms with Crippen molar-refractivity contribution in [2.75, 3.05) is 26.5 Å². The van der Waals surface area contributed by atoms with Crippen LogP contribution >= 0.6 is 11.8 Å². The second-order valence-corrected chi connectivity index (χ2v) is 4.98. The number of methoxy groups -OCH3 is 1. The van der Waals surface area contributed by atoms with Crippen molar-refractivity contribution < 1.29 is 14.3 Å². The van der Waals surface area contributed by atoms with E-state index in [4.69, 9.17) is 4.74 Å². The zero-order valence-electron chi connectivity index (χ0n) is 12.0. The number of rotatable bonds is 7. The van der Waals surface area contributed by atoms with Gasteiger partial charge in [0, 0.05) is 11.4 Å². The van der Waals surface area contributed by atoms with Gasteiger partial charge in [0.15, 0.2) is 0 Å². The summed E-state index contributed by atoms with van der Waals surface area (Å²) in [6.45, 7) is 2.55. The van der Waals surface area contributed by atoms with Crippen LogP contribution in [0.1, 0.15) is 23.7 Å². The van der Waals surface area contributed by atoms with E-state index in [1.165, 1.54) is 7.11 Å². The van der Waals surface area contributed by atoms with Gasteiger partial charge in [-0.1, -0.05) is 6.92 Å². The van der Waals surface area contributed by atoms with E-state index < -0.39 is 0 Å². The average molecular weight is 296 g/mol. The van der Waals surface area contributed by atoms with Crippen LogP contribution in [0.3, 0.4) is 0 Å². The van der Waals surface area contributed by atoms with Crippen LogP contribution in [0.15, 0.2) is 23.1 Å². The van der Waals surface area contributed by atoms with Crippen molar-refractivity contribution >= 4 is 23.6 Å². The van der Waals surface area contributed by atoms with Crippen molar-refractivity contribution in [3.8, 4) is 5.75 Å². The predicted molar refractivity (Wildman–Crippen MR) is 80.4 cm³/mol. The number of carbonyl (C=O) groups is 2. The summed E-state index contributed by atoms with van der Waals surface area (Å²) in [4.78, 5) is 24.5. The van der Waals surface area contributed by atoms with Crippen molar-refractivity contribution in [3.05, 3.63) is 23.8 Å². The lowest BCUT2D eigenvalue weighted by Crippen LogP contribution is -2.37. The van der Waals surface area contributed by atoms with Crippen molar-refractivity contribution in [2.45, 2.75) is 18.2 Å². The second kappa shape index (κ2) is 8.47. The Morgan fingerprint density at radius 1 is 1.30 bits per heavy atom. The maximum absolute atomic E-state index is 12.0. The first-order valence-corrected chi connectivity index (χ1v) is 7.61. The molecule has 2 amide bonds. The largest absolute Gasteiger partial charge is 0.496 e. The Hall–Kier alpha value is -1.69. The quantitative estimate of drug-likeness (QED) is 0.751. The molecule has 5 nitrogen and oxygen atoms in total. The summed E-state index contributed by atoms with van der Waals surface area (Å²) in [5, 5.41) is 5.28. The standard InChI is InChI=1S/C14H20N2O3S/c1-4-7-15-13(17)9-16-14(18)11-6-5-10(20-3)8-12(11)19-2/h5-6,8H,4,7,9H2,1-3H3,(H,15,17)(H,16,18). The van der Waals surface area contributed by atoms with E-state index in [1.54, 1.807) is 23.9 Å². The summed E-state index contributed by atoms with van der Waals surface area (Å²) in [7, 11) is 1.52. The smallest absolute Gasteiger partial charge is 0.255 e. The molecule has 110 valence electrons. The first-order valence-electron chi connectivity index (χ1n) is 6.39. The van der Waals surface area contributed by atoms with E-state index in [9.17, 15) is 9.59 Å². The molecule has 0 heterocycles. The third kappa shape index (κ3) is 4.77. The molecule has 1 aromatic rings. The van der Waals surface area contributed by atoms with E-state index in [-0.39, 0.29) is 18.4 Å². The topological polar surface area (TPSA) is 67.4 Å². The third-order valence-electron chi connectivity index (χ3n) is 2.63. The van der Waals surface area contributed by atoms with Gasteiger partial charge in [-0.05, 0) is 30.9 Å². The number of amides is 2. The lowest BCUT2D eigenvalue weighted by atomic mass is 10.2. The molecule has 0 aromatic heterocycles. The highest BCUT2D eigenvalue weighted by molar-refractivity contribution is 7.98. The van der Waals surface area contributed by atoms with E-state index in [1.807, 2.05) is 19.2 Å². The van der Waals surface area contributed by atoms with Crippen molar-refractivity contribution in [1.82, 2.24) is 10.6 Å². The first kappa shape index (κ1) is 16.4. The molecule has 0 aliphatic carbocycles. The van der Waals surface area contributed by atoms with Crippen LogP contribution in [0, 0.1) is 0 Å². The highest BCUT2D eigenvalue weighted by Crippen LogP contribution is 2.25. The Labute approximate surface area is 123 Å². The Kier molecular flexibility index (Phi) is 6.93. The van der Waals surface area contributed by atoms with Gasteiger partial charge in [0.25, 0.3) is 5.91 Å². The Morgan fingerprint density at radius 3 is 2.65 bits per heavy atom. The zero-order valence-corrected chi connectivity index (χ0v) is 12.8. The fourth-order valence-corrected chi connectivity index (χ4v) is 2.00. The van der Waals surface area contributed by atoms with Gasteiger partial charge < -0.3 is 15.4 Å². The molecule has 0 spiro atoms. The summed E-state index contributed by atoms with van der Waals surface area (Å²) in [5.74, 6) is -0.00984. The van der Waals surface area contributed by atoms with Crippen LogP contribution in [-0.4, -0.2) is 38.3 Å². The number of thioether (sulfide) groups is 1. The molecule has 0 saturated carbocycles. The molecule has 0 radical (unpaired) electrons. The van der Waals surface area contributed by atoms with Gasteiger partial charge in [-0.15, -0.1) is 11.8 Å². The van der Waals surface area contributed by atoms with Crippen LogP contribution in [0.4, 0.5) is 0 Å². The van der Waals surface area contributed by atoms with Gasteiger partial charge in [-0.25, -0.2) is 0 Å². The molecule has 1 aromatic carbocycles. The predicted octanol–water partition coefficient (Wildman–Crippen LogP) is 1.67. The lowest BCUT2D eigenvalue weighted by molar-refractivity contribution is -0.120. The summed E-state index contributed by atoms with van der Waals surface area (Å²) < 4.78 is 5.21. The van der Waals surface area contributed by atoms with E-state index in [0.717, 1.165) is 11.3 Å². The van der Waals surface area contributed by atoms with Gasteiger partial charge in [0.2, 0.25) is 5.91 Å². The molecule has 2 N–H and O–H groups in total. The summed E-state index contributed by atoms with van der Waals surface area (Å²) in [5.41, 5.74) is 0.425. The molecular weight excluding hydrogens is 276 g/mol. The second-order valence-electron chi connectivity index (χ2n) is 4.10. The fraction of sp³-hybridized carbons (Fsp3) is 0.429. The van der Waals surface area contributed by atoms with Gasteiger partial charge in [0.1, 0.15) is 5.75 Å². The van der Waals surface area contributed by atoms with Gasteiger partial charge >= 0.3 is 0 Å². The minimum Gasteiger partial charge on any atom is -0.496 e. The average Bonchev–Trinajstić information content (AvgIpc) is 2.49. The van der Waals surface area contributed by atoms with Crippen LogP contribution in [-0.2, 0) is 4.79 Å². The number of hydrogen-bond acceptors (Lipinski definition) is 4. The fourth-order valence-electron chi connectivity index (χ4n) is 1.57. The molecular formula is C14H20N2O3S. The normalized spacial score (nSPS) is 9.95. The maximum Gasteiger partial charge on any atom is 0.255 e. The number of benzene rings is 1. The molecule has 6 heteroatoms. The summed E-state index contributed by atoms with van der Waals surface area (Å²) in [6.07, 6.45) is 2.82. The molecule has 0 unspecified atom stereocenters. The Bertz CT molecular complexity index is 477. The minimum absolute atomic E-state index is 0.0354. The van der Waals surface area contributed by atoms with Crippen molar-refractivity contribution in [3.63, 3.8) is 0 Å². The Balaban J connectivity index is 2.65. The van der Waals surface area contributed by atoms with Crippen LogP contribution < -0.4 is 15.4 Å². The van der Waals surface area contributed by atoms with E-state index >= 15 is 0 Å². The van der Waals surface area contributed by atoms with Crippen LogP contribution in [0.25, 0.3) is 0 Å². The minimum atomic E-state index is -0.318.